The van der Waals surface area contributed by atoms with Gasteiger partial charge < -0.3 is 10.2 Å². The van der Waals surface area contributed by atoms with Gasteiger partial charge in [0, 0.05) is 24.8 Å². The van der Waals surface area contributed by atoms with Crippen molar-refractivity contribution in [3.8, 4) is 0 Å². The molecule has 3 rings (SSSR count). The topological polar surface area (TPSA) is 61.0 Å². The Balaban J connectivity index is 1.47. The number of nitrogens with zero attached hydrogens (tertiary/aromatic N) is 2. The lowest BCUT2D eigenvalue weighted by Crippen LogP contribution is -2.45. The van der Waals surface area contributed by atoms with Crippen LogP contribution in [0.3, 0.4) is 0 Å². The van der Waals surface area contributed by atoms with E-state index in [0.717, 1.165) is 44.1 Å². The molecule has 1 amide bonds. The van der Waals surface area contributed by atoms with Crippen LogP contribution in [0.1, 0.15) is 41.9 Å². The van der Waals surface area contributed by atoms with Gasteiger partial charge in [0.15, 0.2) is 0 Å². The van der Waals surface area contributed by atoms with E-state index in [4.69, 9.17) is 0 Å². The number of hydrogen-bond acceptors (Lipinski definition) is 3. The zero-order valence-electron chi connectivity index (χ0n) is 11.5. The van der Waals surface area contributed by atoms with Crippen molar-refractivity contribution in [3.05, 3.63) is 17.5 Å². The molecule has 2 heterocycles. The summed E-state index contributed by atoms with van der Waals surface area (Å²) in [6.07, 6.45) is 4.90. The molecule has 0 radical (unpaired) electrons. The van der Waals surface area contributed by atoms with Crippen molar-refractivity contribution in [2.45, 2.75) is 38.6 Å². The average molecular weight is 262 g/mol. The number of aromatic amines is 1. The second kappa shape index (κ2) is 5.33. The molecule has 1 aromatic rings. The van der Waals surface area contributed by atoms with E-state index in [1.807, 2.05) is 17.9 Å². The van der Waals surface area contributed by atoms with Crippen LogP contribution in [0.5, 0.6) is 0 Å². The molecule has 5 nitrogen and oxygen atoms in total. The van der Waals surface area contributed by atoms with Crippen molar-refractivity contribution >= 4 is 5.91 Å². The predicted octanol–water partition coefficient (Wildman–Crippen LogP) is 1.32. The monoisotopic (exact) mass is 262 g/mol. The Morgan fingerprint density at radius 1 is 1.42 bits per heavy atom. The summed E-state index contributed by atoms with van der Waals surface area (Å²) in [5.41, 5.74) is 1.48. The van der Waals surface area contributed by atoms with Crippen LogP contribution in [-0.2, 0) is 0 Å². The van der Waals surface area contributed by atoms with E-state index in [9.17, 15) is 4.79 Å². The average Bonchev–Trinajstić information content (AvgIpc) is 3.17. The Bertz CT molecular complexity index is 444. The Morgan fingerprint density at radius 2 is 2.16 bits per heavy atom. The lowest BCUT2D eigenvalue weighted by molar-refractivity contribution is 0.0699. The third kappa shape index (κ3) is 3.15. The van der Waals surface area contributed by atoms with Crippen molar-refractivity contribution in [2.75, 3.05) is 19.6 Å². The van der Waals surface area contributed by atoms with E-state index in [1.165, 1.54) is 12.8 Å². The summed E-state index contributed by atoms with van der Waals surface area (Å²) >= 11 is 0. The zero-order chi connectivity index (χ0) is 13.2. The highest BCUT2D eigenvalue weighted by atomic mass is 16.2. The Hall–Kier alpha value is -1.36. The number of likely N-dealkylation sites (tertiary alicyclic amines) is 1. The minimum Gasteiger partial charge on any atom is -0.337 e. The highest BCUT2D eigenvalue weighted by molar-refractivity contribution is 5.92. The van der Waals surface area contributed by atoms with Crippen LogP contribution in [-0.4, -0.2) is 46.7 Å². The van der Waals surface area contributed by atoms with Crippen LogP contribution >= 0.6 is 0 Å². The Kier molecular flexibility index (Phi) is 3.55. The first kappa shape index (κ1) is 12.7. The lowest BCUT2D eigenvalue weighted by atomic mass is 10.0. The van der Waals surface area contributed by atoms with Gasteiger partial charge in [-0.3, -0.25) is 9.89 Å². The predicted molar refractivity (Wildman–Crippen MR) is 73.0 cm³/mol. The SMILES string of the molecule is Cc1cc(C(=O)N2CCC(NCC3CC3)CC2)n[nH]1. The number of carbonyl (C=O) groups excluding carboxylic acids is 1. The quantitative estimate of drug-likeness (QED) is 0.860. The summed E-state index contributed by atoms with van der Waals surface area (Å²) in [7, 11) is 0. The number of nitrogens with one attached hydrogen (secondary N) is 2. The molecule has 2 aliphatic rings. The van der Waals surface area contributed by atoms with Crippen LogP contribution < -0.4 is 5.32 Å². The van der Waals surface area contributed by atoms with Crippen LogP contribution in [0.25, 0.3) is 0 Å². The largest absolute Gasteiger partial charge is 0.337 e. The molecule has 19 heavy (non-hydrogen) atoms. The molecule has 1 aromatic heterocycles. The van der Waals surface area contributed by atoms with Crippen LogP contribution in [0.15, 0.2) is 6.07 Å². The molecule has 1 aliphatic heterocycles. The van der Waals surface area contributed by atoms with E-state index >= 15 is 0 Å². The Labute approximate surface area is 113 Å². The van der Waals surface area contributed by atoms with E-state index in [0.29, 0.717) is 11.7 Å². The van der Waals surface area contributed by atoms with Crippen LogP contribution in [0.4, 0.5) is 0 Å². The first-order chi connectivity index (χ1) is 9.22. The fourth-order valence-corrected chi connectivity index (χ4v) is 2.63. The molecular weight excluding hydrogens is 240 g/mol. The van der Waals surface area contributed by atoms with Crippen molar-refractivity contribution in [2.24, 2.45) is 5.92 Å². The first-order valence-electron chi connectivity index (χ1n) is 7.27. The van der Waals surface area contributed by atoms with Crippen molar-refractivity contribution in [1.29, 1.82) is 0 Å². The molecule has 0 aromatic carbocycles. The molecule has 1 saturated carbocycles. The maximum atomic E-state index is 12.2. The van der Waals surface area contributed by atoms with E-state index in [2.05, 4.69) is 15.5 Å². The van der Waals surface area contributed by atoms with Gasteiger partial charge in [0.05, 0.1) is 0 Å². The molecule has 0 atom stereocenters. The first-order valence-corrected chi connectivity index (χ1v) is 7.27. The van der Waals surface area contributed by atoms with Gasteiger partial charge >= 0.3 is 0 Å². The lowest BCUT2D eigenvalue weighted by Gasteiger charge is -2.32. The summed E-state index contributed by atoms with van der Waals surface area (Å²) in [6, 6.07) is 2.41. The molecule has 0 unspecified atom stereocenters. The van der Waals surface area contributed by atoms with Gasteiger partial charge in [-0.25, -0.2) is 0 Å². The summed E-state index contributed by atoms with van der Waals surface area (Å²) in [4.78, 5) is 14.1. The molecule has 1 saturated heterocycles. The molecule has 2 N–H and O–H groups in total. The number of H-pyrrole nitrogens is 1. The number of hydrogen-bond donors (Lipinski definition) is 2. The number of amides is 1. The highest BCUT2D eigenvalue weighted by Crippen LogP contribution is 2.28. The summed E-state index contributed by atoms with van der Waals surface area (Å²) in [5, 5.41) is 10.5. The summed E-state index contributed by atoms with van der Waals surface area (Å²) in [6.45, 7) is 4.76. The summed E-state index contributed by atoms with van der Waals surface area (Å²) < 4.78 is 0. The van der Waals surface area contributed by atoms with Gasteiger partial charge in [-0.2, -0.15) is 5.10 Å². The van der Waals surface area contributed by atoms with Crippen molar-refractivity contribution in [3.63, 3.8) is 0 Å². The molecule has 2 fully saturated rings. The standard InChI is InChI=1S/C14H22N4O/c1-10-8-13(17-16-10)14(19)18-6-4-12(5-7-18)15-9-11-2-3-11/h8,11-12,15H,2-7,9H2,1H3,(H,16,17). The van der Waals surface area contributed by atoms with Crippen molar-refractivity contribution < 1.29 is 4.79 Å². The molecule has 1 aliphatic carbocycles. The normalized spacial score (nSPS) is 20.8. The number of carbonyl (C=O) groups is 1. The van der Waals surface area contributed by atoms with Crippen LogP contribution in [0, 0.1) is 12.8 Å². The highest BCUT2D eigenvalue weighted by Gasteiger charge is 2.26. The van der Waals surface area contributed by atoms with Gasteiger partial charge in [-0.05, 0) is 51.1 Å². The molecule has 5 heteroatoms. The number of aryl methyl sites for hydroxylation is 1. The van der Waals surface area contributed by atoms with E-state index in [-0.39, 0.29) is 5.91 Å². The minimum atomic E-state index is 0.0602. The maximum Gasteiger partial charge on any atom is 0.274 e. The van der Waals surface area contributed by atoms with Gasteiger partial charge in [0.1, 0.15) is 5.69 Å². The smallest absolute Gasteiger partial charge is 0.274 e. The van der Waals surface area contributed by atoms with Crippen LogP contribution in [0.2, 0.25) is 0 Å². The third-order valence-corrected chi connectivity index (χ3v) is 4.10. The third-order valence-electron chi connectivity index (χ3n) is 4.10. The maximum absolute atomic E-state index is 12.2. The molecule has 0 spiro atoms. The number of aromatic nitrogens is 2. The number of piperidine rings is 1. The fraction of sp³-hybridized carbons (Fsp3) is 0.714. The second-order valence-electron chi connectivity index (χ2n) is 5.85. The van der Waals surface area contributed by atoms with Crippen molar-refractivity contribution in [1.82, 2.24) is 20.4 Å². The van der Waals surface area contributed by atoms with Gasteiger partial charge in [0.2, 0.25) is 0 Å². The van der Waals surface area contributed by atoms with Gasteiger partial charge in [-0.15, -0.1) is 0 Å². The second-order valence-corrected chi connectivity index (χ2v) is 5.85. The Morgan fingerprint density at radius 3 is 2.74 bits per heavy atom. The molecule has 104 valence electrons. The fourth-order valence-electron chi connectivity index (χ4n) is 2.63. The molecule has 0 bridgehead atoms. The van der Waals surface area contributed by atoms with Gasteiger partial charge in [-0.1, -0.05) is 0 Å². The van der Waals surface area contributed by atoms with Gasteiger partial charge in [0.25, 0.3) is 5.91 Å². The molecular formula is C14H22N4O. The number of rotatable bonds is 4. The minimum absolute atomic E-state index is 0.0602. The zero-order valence-corrected chi connectivity index (χ0v) is 11.5. The van der Waals surface area contributed by atoms with E-state index in [1.54, 1.807) is 0 Å². The van der Waals surface area contributed by atoms with E-state index < -0.39 is 0 Å². The summed E-state index contributed by atoms with van der Waals surface area (Å²) in [5.74, 6) is 0.983.